The zero-order valence-corrected chi connectivity index (χ0v) is 26.2. The number of anilines is 1. The average molecular weight is 652 g/mol. The van der Waals surface area contributed by atoms with Gasteiger partial charge in [0.2, 0.25) is 0 Å². The normalized spacial score (nSPS) is 17.1. The summed E-state index contributed by atoms with van der Waals surface area (Å²) in [7, 11) is 0. The fraction of sp³-hybridized carbons (Fsp3) is 0.382. The van der Waals surface area contributed by atoms with Crippen LogP contribution in [0.2, 0.25) is 0 Å². The monoisotopic (exact) mass is 651 g/mol. The Hall–Kier alpha value is -4.78. The summed E-state index contributed by atoms with van der Waals surface area (Å²) in [4.78, 5) is 19.2. The second-order valence-electron chi connectivity index (χ2n) is 12.2. The zero-order valence-electron chi connectivity index (χ0n) is 26.2. The van der Waals surface area contributed by atoms with Crippen LogP contribution in [-0.4, -0.2) is 58.3 Å². The standard InChI is InChI=1S/C34H36F3N5O5/c1-33(2,25-7-11-28(12-8-25)45-22-24-3-5-26(6-4-24)34(35,36)37)41-19-17-39(18-20-41)27-9-13-29(14-10-27)46-23-30-15-16-40-21-31(42(43)44)38-32(40)47-30/h3-14,21,30H,15-20,22-23H2,1-2H3. The molecular formula is C34H36F3N5O5. The molecule has 47 heavy (non-hydrogen) atoms. The second-order valence-corrected chi connectivity index (χ2v) is 12.2. The lowest BCUT2D eigenvalue weighted by Gasteiger charge is -2.45. The van der Waals surface area contributed by atoms with Crippen LogP contribution in [0.3, 0.4) is 0 Å². The molecule has 0 amide bonds. The van der Waals surface area contributed by atoms with Gasteiger partial charge in [0.15, 0.2) is 0 Å². The third-order valence-electron chi connectivity index (χ3n) is 8.83. The van der Waals surface area contributed by atoms with Gasteiger partial charge in [-0.2, -0.15) is 13.2 Å². The van der Waals surface area contributed by atoms with Gasteiger partial charge in [-0.1, -0.05) is 24.3 Å². The summed E-state index contributed by atoms with van der Waals surface area (Å²) in [5.41, 5.74) is 2.06. The van der Waals surface area contributed by atoms with Gasteiger partial charge in [0.1, 0.15) is 37.0 Å². The quantitative estimate of drug-likeness (QED) is 0.139. The third kappa shape index (κ3) is 7.46. The zero-order chi connectivity index (χ0) is 33.2. The Labute approximate surface area is 270 Å². The van der Waals surface area contributed by atoms with E-state index in [1.807, 2.05) is 36.4 Å². The molecule has 6 rings (SSSR count). The van der Waals surface area contributed by atoms with Crippen molar-refractivity contribution >= 4 is 11.5 Å². The van der Waals surface area contributed by atoms with Gasteiger partial charge in [-0.3, -0.25) is 9.47 Å². The van der Waals surface area contributed by atoms with E-state index in [0.717, 1.165) is 55.3 Å². The molecule has 1 atom stereocenters. The molecule has 0 bridgehead atoms. The van der Waals surface area contributed by atoms with Crippen LogP contribution in [0.4, 0.5) is 24.7 Å². The first-order valence-corrected chi connectivity index (χ1v) is 15.5. The summed E-state index contributed by atoms with van der Waals surface area (Å²) < 4.78 is 57.7. The van der Waals surface area contributed by atoms with Crippen LogP contribution < -0.4 is 19.1 Å². The number of piperazine rings is 1. The SMILES string of the molecule is CC(C)(c1ccc(OCc2ccc(C(F)(F)F)cc2)cc1)N1CCN(c2ccc(OCC3CCn4cc([N+](=O)[O-])nc4O3)cc2)CC1. The van der Waals surface area contributed by atoms with Crippen molar-refractivity contribution in [2.45, 2.75) is 51.2 Å². The molecule has 0 N–H and O–H groups in total. The molecule has 0 aliphatic carbocycles. The maximum Gasteiger partial charge on any atom is 0.416 e. The number of ether oxygens (including phenoxy) is 3. The van der Waals surface area contributed by atoms with Gasteiger partial charge in [0.25, 0.3) is 0 Å². The van der Waals surface area contributed by atoms with E-state index in [1.165, 1.54) is 18.3 Å². The summed E-state index contributed by atoms with van der Waals surface area (Å²) in [5.74, 6) is 1.16. The van der Waals surface area contributed by atoms with E-state index in [-0.39, 0.29) is 30.1 Å². The molecule has 0 spiro atoms. The van der Waals surface area contributed by atoms with Crippen LogP contribution in [-0.2, 0) is 24.9 Å². The number of imidazole rings is 1. The molecule has 3 aromatic carbocycles. The number of benzene rings is 3. The molecule has 1 saturated heterocycles. The number of nitro groups is 1. The molecule has 1 aromatic heterocycles. The van der Waals surface area contributed by atoms with E-state index in [1.54, 1.807) is 4.57 Å². The van der Waals surface area contributed by atoms with E-state index < -0.39 is 16.7 Å². The molecule has 13 heteroatoms. The topological polar surface area (TPSA) is 95.1 Å². The highest BCUT2D eigenvalue weighted by atomic mass is 19.4. The molecule has 2 aliphatic heterocycles. The van der Waals surface area contributed by atoms with Crippen LogP contribution in [0.15, 0.2) is 79.0 Å². The van der Waals surface area contributed by atoms with Crippen molar-refractivity contribution in [2.24, 2.45) is 0 Å². The van der Waals surface area contributed by atoms with Crippen LogP contribution in [0, 0.1) is 10.1 Å². The molecule has 10 nitrogen and oxygen atoms in total. The van der Waals surface area contributed by atoms with Gasteiger partial charge in [0, 0.05) is 55.4 Å². The maximum atomic E-state index is 12.8. The molecule has 3 heterocycles. The number of fused-ring (bicyclic) bond motifs is 1. The molecule has 1 fully saturated rings. The molecule has 1 unspecified atom stereocenters. The second kappa shape index (κ2) is 13.1. The number of rotatable bonds is 10. The largest absolute Gasteiger partial charge is 0.490 e. The van der Waals surface area contributed by atoms with Gasteiger partial charge in [-0.05, 0) is 78.4 Å². The molecule has 0 saturated carbocycles. The Morgan fingerprint density at radius 1 is 0.872 bits per heavy atom. The molecule has 4 aromatic rings. The van der Waals surface area contributed by atoms with Crippen LogP contribution in [0.5, 0.6) is 17.5 Å². The fourth-order valence-corrected chi connectivity index (χ4v) is 5.90. The minimum atomic E-state index is -4.35. The predicted molar refractivity (Wildman–Crippen MR) is 169 cm³/mol. The van der Waals surface area contributed by atoms with Gasteiger partial charge in [-0.15, -0.1) is 0 Å². The first-order valence-electron chi connectivity index (χ1n) is 15.5. The van der Waals surface area contributed by atoms with Crippen LogP contribution >= 0.6 is 0 Å². The van der Waals surface area contributed by atoms with Crippen molar-refractivity contribution < 1.29 is 32.3 Å². The van der Waals surface area contributed by atoms with Crippen molar-refractivity contribution in [3.05, 3.63) is 106 Å². The summed E-state index contributed by atoms with van der Waals surface area (Å²) in [6, 6.07) is 21.2. The summed E-state index contributed by atoms with van der Waals surface area (Å²) >= 11 is 0. The first kappa shape index (κ1) is 32.2. The predicted octanol–water partition coefficient (Wildman–Crippen LogP) is 6.68. The lowest BCUT2D eigenvalue weighted by atomic mass is 9.91. The van der Waals surface area contributed by atoms with Crippen molar-refractivity contribution in [2.75, 3.05) is 37.7 Å². The summed E-state index contributed by atoms with van der Waals surface area (Å²) in [6.45, 7) is 9.00. The number of nitrogens with zero attached hydrogens (tertiary/aromatic N) is 5. The van der Waals surface area contributed by atoms with E-state index in [2.05, 4.69) is 40.8 Å². The minimum Gasteiger partial charge on any atom is -0.490 e. The van der Waals surface area contributed by atoms with Crippen LogP contribution in [0.25, 0.3) is 0 Å². The Morgan fingerprint density at radius 3 is 2.13 bits per heavy atom. The van der Waals surface area contributed by atoms with Crippen LogP contribution in [0.1, 0.15) is 37.0 Å². The van der Waals surface area contributed by atoms with Crippen molar-refractivity contribution in [1.82, 2.24) is 14.5 Å². The van der Waals surface area contributed by atoms with Gasteiger partial charge in [-0.25, -0.2) is 0 Å². The summed E-state index contributed by atoms with van der Waals surface area (Å²) in [5, 5.41) is 11.0. The van der Waals surface area contributed by atoms with E-state index in [9.17, 15) is 23.3 Å². The van der Waals surface area contributed by atoms with Crippen molar-refractivity contribution in [3.63, 3.8) is 0 Å². The number of hydrogen-bond donors (Lipinski definition) is 0. The lowest BCUT2D eigenvalue weighted by Crippen LogP contribution is -2.53. The molecule has 2 aliphatic rings. The highest BCUT2D eigenvalue weighted by molar-refractivity contribution is 5.49. The Kier molecular flexibility index (Phi) is 9.00. The fourth-order valence-electron chi connectivity index (χ4n) is 5.90. The van der Waals surface area contributed by atoms with Gasteiger partial charge < -0.3 is 29.2 Å². The maximum absolute atomic E-state index is 12.8. The Balaban J connectivity index is 0.961. The molecule has 0 radical (unpaired) electrons. The van der Waals surface area contributed by atoms with Gasteiger partial charge >= 0.3 is 18.0 Å². The minimum absolute atomic E-state index is 0.187. The van der Waals surface area contributed by atoms with E-state index >= 15 is 0 Å². The number of halogens is 3. The highest BCUT2D eigenvalue weighted by Gasteiger charge is 2.32. The van der Waals surface area contributed by atoms with E-state index in [0.29, 0.717) is 30.9 Å². The number of aromatic nitrogens is 2. The Bertz CT molecular complexity index is 1670. The number of hydrogen-bond acceptors (Lipinski definition) is 8. The molecular weight excluding hydrogens is 615 g/mol. The summed E-state index contributed by atoms with van der Waals surface area (Å²) in [6.07, 6.45) is -2.53. The van der Waals surface area contributed by atoms with Gasteiger partial charge in [0.05, 0.1) is 5.56 Å². The smallest absolute Gasteiger partial charge is 0.416 e. The highest BCUT2D eigenvalue weighted by Crippen LogP contribution is 2.32. The average Bonchev–Trinajstić information content (AvgIpc) is 3.51. The first-order chi connectivity index (χ1) is 22.5. The van der Waals surface area contributed by atoms with E-state index in [4.69, 9.17) is 14.2 Å². The number of aryl methyl sites for hydroxylation is 1. The molecule has 248 valence electrons. The lowest BCUT2D eigenvalue weighted by molar-refractivity contribution is -0.389. The van der Waals surface area contributed by atoms with Crippen molar-refractivity contribution in [3.8, 4) is 17.5 Å². The Morgan fingerprint density at radius 2 is 1.49 bits per heavy atom. The number of alkyl halides is 3. The van der Waals surface area contributed by atoms with Crippen molar-refractivity contribution in [1.29, 1.82) is 0 Å². The third-order valence-corrected chi connectivity index (χ3v) is 8.83.